The monoisotopic (exact) mass is 400 g/mol. The van der Waals surface area contributed by atoms with Gasteiger partial charge in [0, 0.05) is 10.6 Å². The molecule has 0 saturated heterocycles. The van der Waals surface area contributed by atoms with Gasteiger partial charge in [0.1, 0.15) is 10.9 Å². The topological polar surface area (TPSA) is 59.3 Å². The van der Waals surface area contributed by atoms with Crippen LogP contribution in [0.5, 0.6) is 0 Å². The fraction of sp³-hybridized carbons (Fsp3) is 0.167. The molecule has 1 aromatic carbocycles. The largest absolute Gasteiger partial charge is 0.325 e. The first-order valence-electron chi connectivity index (χ1n) is 7.94. The first kappa shape index (κ1) is 17.4. The molecule has 0 unspecified atom stereocenters. The van der Waals surface area contributed by atoms with Crippen LogP contribution in [-0.2, 0) is 4.79 Å². The summed E-state index contributed by atoms with van der Waals surface area (Å²) in [5.74, 6) is 1.08. The molecule has 0 radical (unpaired) electrons. The molecule has 0 bridgehead atoms. The van der Waals surface area contributed by atoms with E-state index in [9.17, 15) is 4.79 Å². The van der Waals surface area contributed by atoms with Crippen LogP contribution in [0.3, 0.4) is 0 Å². The minimum atomic E-state index is -0.0536. The number of anilines is 1. The molecule has 26 heavy (non-hydrogen) atoms. The molecular weight excluding hydrogens is 384 g/mol. The third kappa shape index (κ3) is 3.32. The highest BCUT2D eigenvalue weighted by Gasteiger charge is 2.14. The summed E-state index contributed by atoms with van der Waals surface area (Å²) in [7, 11) is 0. The van der Waals surface area contributed by atoms with E-state index >= 15 is 0 Å². The van der Waals surface area contributed by atoms with Crippen LogP contribution in [-0.4, -0.2) is 32.5 Å². The highest BCUT2D eigenvalue weighted by Crippen LogP contribution is 2.30. The maximum Gasteiger partial charge on any atom is 0.234 e. The molecule has 0 aliphatic heterocycles. The van der Waals surface area contributed by atoms with Crippen molar-refractivity contribution in [3.05, 3.63) is 47.6 Å². The number of fused-ring (bicyclic) bond motifs is 3. The summed E-state index contributed by atoms with van der Waals surface area (Å²) >= 11 is 4.75. The van der Waals surface area contributed by atoms with Gasteiger partial charge in [-0.3, -0.25) is 9.20 Å². The number of carbonyl (C=O) groups is 1. The zero-order valence-corrected chi connectivity index (χ0v) is 16.7. The Hall–Kier alpha value is -2.03. The number of thioether (sulfide) groups is 2. The number of aromatic nitrogens is 3. The van der Waals surface area contributed by atoms with Gasteiger partial charge < -0.3 is 5.32 Å². The molecular formula is C18H16N4OS3. The van der Waals surface area contributed by atoms with Crippen molar-refractivity contribution in [1.82, 2.24) is 14.6 Å². The number of hydrogen-bond acceptors (Lipinski definition) is 6. The van der Waals surface area contributed by atoms with E-state index in [2.05, 4.69) is 37.4 Å². The van der Waals surface area contributed by atoms with Crippen molar-refractivity contribution < 1.29 is 4.79 Å². The summed E-state index contributed by atoms with van der Waals surface area (Å²) in [5, 5.41) is 14.3. The van der Waals surface area contributed by atoms with Gasteiger partial charge in [0.25, 0.3) is 0 Å². The number of hydrogen-bond donors (Lipinski definition) is 1. The van der Waals surface area contributed by atoms with Crippen LogP contribution in [0, 0.1) is 6.92 Å². The molecule has 0 saturated carbocycles. The molecule has 4 rings (SSSR count). The Labute approximate surface area is 163 Å². The van der Waals surface area contributed by atoms with Gasteiger partial charge in [-0.05, 0) is 48.9 Å². The lowest BCUT2D eigenvalue weighted by atomic mass is 10.3. The van der Waals surface area contributed by atoms with Gasteiger partial charge in [-0.1, -0.05) is 17.8 Å². The minimum Gasteiger partial charge on any atom is -0.325 e. The van der Waals surface area contributed by atoms with Crippen molar-refractivity contribution in [3.8, 4) is 0 Å². The molecule has 0 fully saturated rings. The fourth-order valence-corrected chi connectivity index (χ4v) is 4.78. The summed E-state index contributed by atoms with van der Waals surface area (Å²) in [6, 6.07) is 12.0. The first-order valence-corrected chi connectivity index (χ1v) is 11.0. The SMILES string of the molecule is CSc1cccc(NC(=O)CSc2nnc(C)n3c2cc2sccc23)c1. The molecule has 132 valence electrons. The Morgan fingerprint density at radius 2 is 2.12 bits per heavy atom. The molecule has 1 N–H and O–H groups in total. The fourth-order valence-electron chi connectivity index (χ4n) is 2.78. The Morgan fingerprint density at radius 1 is 1.23 bits per heavy atom. The highest BCUT2D eigenvalue weighted by molar-refractivity contribution is 8.00. The van der Waals surface area contributed by atoms with E-state index < -0.39 is 0 Å². The Morgan fingerprint density at radius 3 is 2.96 bits per heavy atom. The van der Waals surface area contributed by atoms with Crippen LogP contribution in [0.4, 0.5) is 5.69 Å². The highest BCUT2D eigenvalue weighted by atomic mass is 32.2. The molecule has 0 spiro atoms. The van der Waals surface area contributed by atoms with Crippen molar-refractivity contribution in [2.75, 3.05) is 17.3 Å². The number of rotatable bonds is 5. The number of nitrogens with one attached hydrogen (secondary N) is 1. The molecule has 1 amide bonds. The summed E-state index contributed by atoms with van der Waals surface area (Å²) in [6.07, 6.45) is 2.01. The van der Waals surface area contributed by atoms with Crippen LogP contribution in [0.2, 0.25) is 0 Å². The molecule has 0 aliphatic rings. The van der Waals surface area contributed by atoms with Gasteiger partial charge in [0.15, 0.2) is 0 Å². The maximum atomic E-state index is 12.3. The smallest absolute Gasteiger partial charge is 0.234 e. The van der Waals surface area contributed by atoms with Crippen molar-refractivity contribution in [1.29, 1.82) is 0 Å². The van der Waals surface area contributed by atoms with E-state index in [1.54, 1.807) is 23.1 Å². The quantitative estimate of drug-likeness (QED) is 0.492. The van der Waals surface area contributed by atoms with Crippen LogP contribution >= 0.6 is 34.9 Å². The van der Waals surface area contributed by atoms with E-state index in [0.717, 1.165) is 32.5 Å². The molecule has 3 aromatic heterocycles. The summed E-state index contributed by atoms with van der Waals surface area (Å²) in [4.78, 5) is 13.4. The predicted octanol–water partition coefficient (Wildman–Crippen LogP) is 4.71. The van der Waals surface area contributed by atoms with Gasteiger partial charge >= 0.3 is 0 Å². The summed E-state index contributed by atoms with van der Waals surface area (Å²) in [6.45, 7) is 1.94. The van der Waals surface area contributed by atoms with E-state index in [0.29, 0.717) is 0 Å². The second-order valence-electron chi connectivity index (χ2n) is 5.66. The lowest BCUT2D eigenvalue weighted by Crippen LogP contribution is -2.14. The molecule has 0 aliphatic carbocycles. The minimum absolute atomic E-state index is 0.0536. The number of aryl methyl sites for hydroxylation is 1. The van der Waals surface area contributed by atoms with Gasteiger partial charge in [-0.2, -0.15) is 0 Å². The summed E-state index contributed by atoms with van der Waals surface area (Å²) in [5.41, 5.74) is 2.95. The number of amides is 1. The van der Waals surface area contributed by atoms with Crippen molar-refractivity contribution in [2.45, 2.75) is 16.8 Å². The van der Waals surface area contributed by atoms with Crippen LogP contribution in [0.1, 0.15) is 5.82 Å². The zero-order chi connectivity index (χ0) is 18.1. The van der Waals surface area contributed by atoms with E-state index in [4.69, 9.17) is 0 Å². The van der Waals surface area contributed by atoms with E-state index in [1.165, 1.54) is 16.5 Å². The zero-order valence-electron chi connectivity index (χ0n) is 14.2. The molecule has 5 nitrogen and oxygen atoms in total. The first-order chi connectivity index (χ1) is 12.7. The number of thiophene rings is 1. The van der Waals surface area contributed by atoms with Crippen molar-refractivity contribution >= 4 is 62.2 Å². The molecule has 0 atom stereocenters. The molecule has 3 heterocycles. The average molecular weight is 401 g/mol. The van der Waals surface area contributed by atoms with Crippen LogP contribution in [0.25, 0.3) is 15.7 Å². The number of benzene rings is 1. The Kier molecular flexibility index (Phi) is 4.88. The lowest BCUT2D eigenvalue weighted by molar-refractivity contribution is -0.113. The van der Waals surface area contributed by atoms with Gasteiger partial charge in [-0.25, -0.2) is 0 Å². The van der Waals surface area contributed by atoms with Gasteiger partial charge in [0.05, 0.1) is 21.5 Å². The second-order valence-corrected chi connectivity index (χ2v) is 8.45. The number of nitrogens with zero attached hydrogens (tertiary/aromatic N) is 3. The summed E-state index contributed by atoms with van der Waals surface area (Å²) < 4.78 is 3.30. The lowest BCUT2D eigenvalue weighted by Gasteiger charge is -2.07. The third-order valence-corrected chi connectivity index (χ3v) is 6.49. The van der Waals surface area contributed by atoms with E-state index in [-0.39, 0.29) is 11.7 Å². The predicted molar refractivity (Wildman–Crippen MR) is 111 cm³/mol. The Balaban J connectivity index is 1.52. The second kappa shape index (κ2) is 7.30. The third-order valence-electron chi connectivity index (χ3n) is 3.94. The van der Waals surface area contributed by atoms with Crippen molar-refractivity contribution in [2.24, 2.45) is 0 Å². The standard InChI is InChI=1S/C18H16N4OS3/c1-11-20-21-18(15-9-16-14(22(11)15)6-7-25-16)26-10-17(23)19-12-4-3-5-13(8-12)24-2/h3-9H,10H2,1-2H3,(H,19,23). The molecule has 8 heteroatoms. The van der Waals surface area contributed by atoms with Crippen LogP contribution < -0.4 is 5.32 Å². The van der Waals surface area contributed by atoms with E-state index in [1.807, 2.05) is 37.4 Å². The maximum absolute atomic E-state index is 12.3. The van der Waals surface area contributed by atoms with Gasteiger partial charge in [0.2, 0.25) is 5.91 Å². The molecule has 4 aromatic rings. The Bertz CT molecular complexity index is 1100. The van der Waals surface area contributed by atoms with Gasteiger partial charge in [-0.15, -0.1) is 33.3 Å². The average Bonchev–Trinajstić information content (AvgIpc) is 3.22. The number of carbonyl (C=O) groups excluding carboxylic acids is 1. The normalized spacial score (nSPS) is 11.3. The van der Waals surface area contributed by atoms with Crippen LogP contribution in [0.15, 0.2) is 51.7 Å². The van der Waals surface area contributed by atoms with Crippen molar-refractivity contribution in [3.63, 3.8) is 0 Å².